The summed E-state index contributed by atoms with van der Waals surface area (Å²) in [7, 11) is 0. The molecule has 13 heavy (non-hydrogen) atoms. The highest BCUT2D eigenvalue weighted by atomic mass is 16.6. The summed E-state index contributed by atoms with van der Waals surface area (Å²) in [6.07, 6.45) is -1.31. The molecule has 1 amide bonds. The van der Waals surface area contributed by atoms with E-state index >= 15 is 0 Å². The Hall–Kier alpha value is -0.810. The van der Waals surface area contributed by atoms with Gasteiger partial charge in [0, 0.05) is 0 Å². The smallest absolute Gasteiger partial charge is 0.407 e. The van der Waals surface area contributed by atoms with Crippen molar-refractivity contribution in [2.45, 2.75) is 32.4 Å². The molecule has 0 rings (SSSR count). The number of rotatable bonds is 4. The molecule has 1 atom stereocenters. The van der Waals surface area contributed by atoms with Crippen LogP contribution >= 0.6 is 0 Å². The van der Waals surface area contributed by atoms with Gasteiger partial charge in [-0.15, -0.1) is 0 Å². The molecule has 0 aliphatic carbocycles. The second-order valence-electron chi connectivity index (χ2n) is 3.38. The van der Waals surface area contributed by atoms with E-state index in [9.17, 15) is 9.90 Å². The number of carbonyl (C=O) groups is 1. The Morgan fingerprint density at radius 1 is 1.62 bits per heavy atom. The number of hydrogen-bond donors (Lipinski definition) is 3. The van der Waals surface area contributed by atoms with Crippen molar-refractivity contribution in [3.63, 3.8) is 0 Å². The van der Waals surface area contributed by atoms with E-state index in [2.05, 4.69) is 10.1 Å². The van der Waals surface area contributed by atoms with Crippen LogP contribution in [0, 0.1) is 0 Å². The summed E-state index contributed by atoms with van der Waals surface area (Å²) in [6, 6.07) is 0. The van der Waals surface area contributed by atoms with Gasteiger partial charge in [-0.1, -0.05) is 0 Å². The van der Waals surface area contributed by atoms with Gasteiger partial charge in [0.25, 0.3) is 0 Å². The third-order valence-corrected chi connectivity index (χ3v) is 1.79. The molecule has 0 spiro atoms. The summed E-state index contributed by atoms with van der Waals surface area (Å²) in [5.41, 5.74) is -0.730. The molecular formula is C8H17NO4. The minimum absolute atomic E-state index is 0.0400. The van der Waals surface area contributed by atoms with Crippen LogP contribution in [-0.4, -0.2) is 41.2 Å². The number of nitrogens with one attached hydrogen (secondary N) is 1. The summed E-state index contributed by atoms with van der Waals surface area (Å²) in [4.78, 5) is 11.0. The lowest BCUT2D eigenvalue weighted by atomic mass is 9.99. The lowest BCUT2D eigenvalue weighted by Crippen LogP contribution is -2.51. The van der Waals surface area contributed by atoms with Crippen LogP contribution in [-0.2, 0) is 4.74 Å². The molecule has 0 saturated heterocycles. The third kappa shape index (κ3) is 4.69. The Labute approximate surface area is 77.7 Å². The highest BCUT2D eigenvalue weighted by Crippen LogP contribution is 2.08. The first-order valence-corrected chi connectivity index (χ1v) is 4.14. The second-order valence-corrected chi connectivity index (χ2v) is 3.38. The van der Waals surface area contributed by atoms with Crippen LogP contribution in [0.15, 0.2) is 0 Å². The van der Waals surface area contributed by atoms with E-state index in [1.165, 1.54) is 0 Å². The number of aliphatic hydroxyl groups is 2. The Morgan fingerprint density at radius 2 is 2.15 bits per heavy atom. The van der Waals surface area contributed by atoms with Gasteiger partial charge >= 0.3 is 6.09 Å². The maximum atomic E-state index is 11.0. The van der Waals surface area contributed by atoms with Crippen LogP contribution in [0.1, 0.15) is 20.8 Å². The average Bonchev–Trinajstić information content (AvgIpc) is 1.99. The molecule has 0 heterocycles. The highest BCUT2D eigenvalue weighted by molar-refractivity contribution is 5.68. The molecule has 0 aliphatic rings. The fourth-order valence-corrected chi connectivity index (χ4v) is 0.542. The van der Waals surface area contributed by atoms with Gasteiger partial charge in [0.15, 0.2) is 0 Å². The highest BCUT2D eigenvalue weighted by Gasteiger charge is 2.26. The van der Waals surface area contributed by atoms with E-state index in [1.807, 2.05) is 0 Å². The van der Waals surface area contributed by atoms with Gasteiger partial charge in [-0.3, -0.25) is 0 Å². The van der Waals surface area contributed by atoms with Crippen molar-refractivity contribution in [1.82, 2.24) is 5.32 Å². The average molecular weight is 191 g/mol. The Morgan fingerprint density at radius 3 is 2.54 bits per heavy atom. The molecule has 0 bridgehead atoms. The molecule has 5 nitrogen and oxygen atoms in total. The third-order valence-electron chi connectivity index (χ3n) is 1.79. The molecule has 5 heteroatoms. The van der Waals surface area contributed by atoms with Crippen molar-refractivity contribution in [1.29, 1.82) is 0 Å². The van der Waals surface area contributed by atoms with E-state index in [0.717, 1.165) is 0 Å². The Kier molecular flexibility index (Phi) is 4.72. The fourth-order valence-electron chi connectivity index (χ4n) is 0.542. The molecule has 1 unspecified atom stereocenters. The predicted molar refractivity (Wildman–Crippen MR) is 47.3 cm³/mol. The molecule has 0 aromatic carbocycles. The van der Waals surface area contributed by atoms with E-state index in [0.29, 0.717) is 0 Å². The number of ether oxygens (including phenoxy) is 1. The van der Waals surface area contributed by atoms with Crippen molar-refractivity contribution in [3.05, 3.63) is 0 Å². The molecule has 0 radical (unpaired) electrons. The van der Waals surface area contributed by atoms with Crippen LogP contribution in [0.4, 0.5) is 4.79 Å². The van der Waals surface area contributed by atoms with Gasteiger partial charge in [-0.25, -0.2) is 4.79 Å². The quantitative estimate of drug-likeness (QED) is 0.578. The molecule has 0 saturated carbocycles. The molecule has 0 aromatic rings. The van der Waals surface area contributed by atoms with Gasteiger partial charge in [0.05, 0.1) is 18.2 Å². The fraction of sp³-hybridized carbons (Fsp3) is 0.875. The SMILES string of the molecule is CC(O)C(C)(C)NC(=O)OCCO. The van der Waals surface area contributed by atoms with E-state index in [-0.39, 0.29) is 13.2 Å². The van der Waals surface area contributed by atoms with Crippen LogP contribution in [0.25, 0.3) is 0 Å². The predicted octanol–water partition coefficient (Wildman–Crippen LogP) is -0.136. The zero-order valence-corrected chi connectivity index (χ0v) is 8.20. The summed E-state index contributed by atoms with van der Waals surface area (Å²) < 4.78 is 4.57. The first kappa shape index (κ1) is 12.2. The summed E-state index contributed by atoms with van der Waals surface area (Å²) in [6.45, 7) is 4.69. The molecule has 0 aromatic heterocycles. The monoisotopic (exact) mass is 191 g/mol. The van der Waals surface area contributed by atoms with Gasteiger partial charge < -0.3 is 20.3 Å². The maximum absolute atomic E-state index is 11.0. The van der Waals surface area contributed by atoms with Crippen molar-refractivity contribution in [2.75, 3.05) is 13.2 Å². The topological polar surface area (TPSA) is 78.8 Å². The minimum Gasteiger partial charge on any atom is -0.447 e. The van der Waals surface area contributed by atoms with Crippen LogP contribution in [0.2, 0.25) is 0 Å². The van der Waals surface area contributed by atoms with Crippen molar-refractivity contribution in [3.8, 4) is 0 Å². The van der Waals surface area contributed by atoms with Crippen LogP contribution in [0.5, 0.6) is 0 Å². The standard InChI is InChI=1S/C8H17NO4/c1-6(11)8(2,3)9-7(12)13-5-4-10/h6,10-11H,4-5H2,1-3H3,(H,9,12). The van der Waals surface area contributed by atoms with Crippen molar-refractivity contribution in [2.24, 2.45) is 0 Å². The van der Waals surface area contributed by atoms with Gasteiger partial charge in [0.2, 0.25) is 0 Å². The number of carbonyl (C=O) groups excluding carboxylic acids is 1. The molecule has 0 aliphatic heterocycles. The maximum Gasteiger partial charge on any atom is 0.407 e. The van der Waals surface area contributed by atoms with Crippen molar-refractivity contribution < 1.29 is 19.7 Å². The Balaban J connectivity index is 3.90. The van der Waals surface area contributed by atoms with Crippen LogP contribution in [0.3, 0.4) is 0 Å². The zero-order valence-electron chi connectivity index (χ0n) is 8.20. The number of hydrogen-bond acceptors (Lipinski definition) is 4. The molecule has 3 N–H and O–H groups in total. The number of amides is 1. The normalized spacial score (nSPS) is 13.6. The zero-order chi connectivity index (χ0) is 10.5. The van der Waals surface area contributed by atoms with E-state index in [1.54, 1.807) is 20.8 Å². The molecule has 78 valence electrons. The molecule has 0 fully saturated rings. The van der Waals surface area contributed by atoms with Gasteiger partial charge in [-0.2, -0.15) is 0 Å². The summed E-state index contributed by atoms with van der Waals surface area (Å²) in [5, 5.41) is 20.1. The van der Waals surface area contributed by atoms with E-state index < -0.39 is 17.7 Å². The molecular weight excluding hydrogens is 174 g/mol. The lowest BCUT2D eigenvalue weighted by molar-refractivity contribution is 0.0739. The van der Waals surface area contributed by atoms with Crippen molar-refractivity contribution >= 4 is 6.09 Å². The summed E-state index contributed by atoms with van der Waals surface area (Å²) >= 11 is 0. The number of alkyl carbamates (subject to hydrolysis) is 1. The van der Waals surface area contributed by atoms with Crippen LogP contribution < -0.4 is 5.32 Å². The Bertz CT molecular complexity index is 168. The van der Waals surface area contributed by atoms with E-state index in [4.69, 9.17) is 5.11 Å². The first-order chi connectivity index (χ1) is 5.90. The first-order valence-electron chi connectivity index (χ1n) is 4.14. The minimum atomic E-state index is -0.730. The van der Waals surface area contributed by atoms with Gasteiger partial charge in [0.1, 0.15) is 6.61 Å². The largest absolute Gasteiger partial charge is 0.447 e. The lowest BCUT2D eigenvalue weighted by Gasteiger charge is -2.28. The second kappa shape index (κ2) is 5.04. The van der Waals surface area contributed by atoms with Gasteiger partial charge in [-0.05, 0) is 20.8 Å². The number of aliphatic hydroxyl groups excluding tert-OH is 2. The summed E-state index contributed by atoms with van der Waals surface area (Å²) in [5.74, 6) is 0.